The molecule has 0 spiro atoms. The molecule has 1 aromatic carbocycles. The van der Waals surface area contributed by atoms with Crippen LogP contribution >= 0.6 is 0 Å². The number of pyridine rings is 1. The van der Waals surface area contributed by atoms with Crippen molar-refractivity contribution in [2.45, 2.75) is 13.2 Å². The molecule has 0 radical (unpaired) electrons. The van der Waals surface area contributed by atoms with Gasteiger partial charge in [-0.05, 0) is 18.2 Å². The van der Waals surface area contributed by atoms with Crippen molar-refractivity contribution in [2.75, 3.05) is 21.3 Å². The first-order chi connectivity index (χ1) is 12.6. The predicted octanol–water partition coefficient (Wildman–Crippen LogP) is 2.35. The van der Waals surface area contributed by atoms with Crippen molar-refractivity contribution in [1.29, 1.82) is 0 Å². The highest BCUT2D eigenvalue weighted by Crippen LogP contribution is 2.40. The summed E-state index contributed by atoms with van der Waals surface area (Å²) in [5.74, 6) is 1.42. The van der Waals surface area contributed by atoms with Crippen molar-refractivity contribution in [3.05, 3.63) is 47.8 Å². The Kier molecular flexibility index (Phi) is 4.92. The lowest BCUT2D eigenvalue weighted by Gasteiger charge is -2.18. The maximum atomic E-state index is 12.0. The van der Waals surface area contributed by atoms with Crippen LogP contribution in [0.15, 0.2) is 41.8 Å². The number of carbonyl (C=O) groups excluding carboxylic acids is 1. The number of rotatable bonds is 5. The summed E-state index contributed by atoms with van der Waals surface area (Å²) in [5.41, 5.74) is 1.31. The molecule has 0 bridgehead atoms. The minimum atomic E-state index is -0.685. The molecule has 1 amide bonds. The van der Waals surface area contributed by atoms with Crippen LogP contribution in [-0.2, 0) is 9.53 Å². The Morgan fingerprint density at radius 1 is 1.15 bits per heavy atom. The van der Waals surface area contributed by atoms with Crippen LogP contribution in [0.25, 0.3) is 0 Å². The maximum Gasteiger partial charge on any atom is 0.243 e. The van der Waals surface area contributed by atoms with Crippen LogP contribution in [0, 0.1) is 0 Å². The first-order valence-corrected chi connectivity index (χ1v) is 7.84. The lowest BCUT2D eigenvalue weighted by atomic mass is 10.1. The van der Waals surface area contributed by atoms with Crippen LogP contribution in [0.2, 0.25) is 0 Å². The molecule has 0 saturated carbocycles. The SMILES string of the molecule is COc1cc(C2=NN(C(C)=O)[C@H](c3cccnc3)O2)cc(OC)c1OC. The highest BCUT2D eigenvalue weighted by molar-refractivity contribution is 5.97. The third-order valence-electron chi connectivity index (χ3n) is 3.85. The predicted molar refractivity (Wildman–Crippen MR) is 93.2 cm³/mol. The van der Waals surface area contributed by atoms with Gasteiger partial charge >= 0.3 is 0 Å². The van der Waals surface area contributed by atoms with Crippen molar-refractivity contribution in [1.82, 2.24) is 9.99 Å². The smallest absolute Gasteiger partial charge is 0.243 e. The molecule has 8 heteroatoms. The van der Waals surface area contributed by atoms with Gasteiger partial charge in [-0.15, -0.1) is 5.10 Å². The van der Waals surface area contributed by atoms with Gasteiger partial charge in [0.2, 0.25) is 23.8 Å². The molecule has 0 aliphatic carbocycles. The monoisotopic (exact) mass is 357 g/mol. The average molecular weight is 357 g/mol. The number of hydrogen-bond donors (Lipinski definition) is 0. The van der Waals surface area contributed by atoms with Gasteiger partial charge in [-0.3, -0.25) is 9.78 Å². The summed E-state index contributed by atoms with van der Waals surface area (Å²) in [6.45, 7) is 1.42. The normalized spacial score (nSPS) is 15.9. The van der Waals surface area contributed by atoms with Crippen molar-refractivity contribution >= 4 is 11.8 Å². The lowest BCUT2D eigenvalue weighted by molar-refractivity contribution is -0.135. The Hall–Kier alpha value is -3.29. The summed E-state index contributed by atoms with van der Waals surface area (Å²) < 4.78 is 22.0. The minimum absolute atomic E-state index is 0.249. The van der Waals surface area contributed by atoms with E-state index in [1.807, 2.05) is 6.07 Å². The Morgan fingerprint density at radius 3 is 2.35 bits per heavy atom. The van der Waals surface area contributed by atoms with Gasteiger partial charge in [-0.2, -0.15) is 5.01 Å². The number of aromatic nitrogens is 1. The van der Waals surface area contributed by atoms with Crippen molar-refractivity contribution in [3.8, 4) is 17.2 Å². The molecule has 2 heterocycles. The molecule has 0 fully saturated rings. The summed E-state index contributed by atoms with van der Waals surface area (Å²) in [7, 11) is 4.58. The van der Waals surface area contributed by atoms with Gasteiger partial charge in [0.05, 0.1) is 21.3 Å². The second-order valence-electron chi connectivity index (χ2n) is 5.44. The Labute approximate surface area is 150 Å². The Morgan fingerprint density at radius 2 is 1.85 bits per heavy atom. The fraction of sp³-hybridized carbons (Fsp3) is 0.278. The fourth-order valence-corrected chi connectivity index (χ4v) is 2.63. The van der Waals surface area contributed by atoms with E-state index in [0.717, 1.165) is 0 Å². The summed E-state index contributed by atoms with van der Waals surface area (Å²) in [4.78, 5) is 16.1. The number of nitrogens with zero attached hydrogens (tertiary/aromatic N) is 3. The molecule has 1 atom stereocenters. The van der Waals surface area contributed by atoms with Crippen molar-refractivity contribution in [2.24, 2.45) is 5.10 Å². The lowest BCUT2D eigenvalue weighted by Crippen LogP contribution is -2.25. The Bertz CT molecular complexity index is 813. The fourth-order valence-electron chi connectivity index (χ4n) is 2.63. The molecule has 2 aromatic rings. The molecule has 8 nitrogen and oxygen atoms in total. The largest absolute Gasteiger partial charge is 0.493 e. The van der Waals surface area contributed by atoms with Crippen molar-refractivity contribution in [3.63, 3.8) is 0 Å². The van der Waals surface area contributed by atoms with E-state index in [9.17, 15) is 4.79 Å². The van der Waals surface area contributed by atoms with Crippen LogP contribution in [-0.4, -0.2) is 43.1 Å². The summed E-state index contributed by atoms with van der Waals surface area (Å²) in [5, 5.41) is 5.59. The van der Waals surface area contributed by atoms with Crippen molar-refractivity contribution < 1.29 is 23.7 Å². The van der Waals surface area contributed by atoms with E-state index in [4.69, 9.17) is 18.9 Å². The topological polar surface area (TPSA) is 82.5 Å². The molecule has 0 saturated heterocycles. The van der Waals surface area contributed by atoms with Gasteiger partial charge in [-0.25, -0.2) is 0 Å². The summed E-state index contributed by atoms with van der Waals surface area (Å²) >= 11 is 0. The zero-order chi connectivity index (χ0) is 18.7. The quantitative estimate of drug-likeness (QED) is 0.817. The number of hydrogen-bond acceptors (Lipinski definition) is 7. The third-order valence-corrected chi connectivity index (χ3v) is 3.85. The van der Waals surface area contributed by atoms with Crippen LogP contribution in [0.3, 0.4) is 0 Å². The van der Waals surface area contributed by atoms with Crippen LogP contribution in [0.4, 0.5) is 0 Å². The molecule has 1 aliphatic rings. The number of carbonyl (C=O) groups is 1. The van der Waals surface area contributed by atoms with E-state index in [0.29, 0.717) is 28.4 Å². The van der Waals surface area contributed by atoms with E-state index >= 15 is 0 Å². The Balaban J connectivity index is 2.02. The van der Waals surface area contributed by atoms with Gasteiger partial charge in [0, 0.05) is 30.4 Å². The molecule has 0 unspecified atom stereocenters. The van der Waals surface area contributed by atoms with Gasteiger partial charge in [0.15, 0.2) is 11.5 Å². The third kappa shape index (κ3) is 3.13. The zero-order valence-corrected chi connectivity index (χ0v) is 14.9. The maximum absolute atomic E-state index is 12.0. The molecular formula is C18H19N3O5. The van der Waals surface area contributed by atoms with E-state index in [1.165, 1.54) is 33.3 Å². The molecule has 1 aliphatic heterocycles. The number of ether oxygens (including phenoxy) is 4. The van der Waals surface area contributed by atoms with E-state index in [2.05, 4.69) is 10.1 Å². The van der Waals surface area contributed by atoms with Crippen LogP contribution < -0.4 is 14.2 Å². The molecule has 3 rings (SSSR count). The number of methoxy groups -OCH3 is 3. The number of benzene rings is 1. The molecule has 0 N–H and O–H groups in total. The average Bonchev–Trinajstić information content (AvgIpc) is 3.13. The van der Waals surface area contributed by atoms with Gasteiger partial charge in [-0.1, -0.05) is 6.07 Å². The first kappa shape index (κ1) is 17.5. The first-order valence-electron chi connectivity index (χ1n) is 7.84. The molecule has 26 heavy (non-hydrogen) atoms. The summed E-state index contributed by atoms with van der Waals surface area (Å²) in [6.07, 6.45) is 2.60. The second-order valence-corrected chi connectivity index (χ2v) is 5.44. The van der Waals surface area contributed by atoms with Crippen LogP contribution in [0.1, 0.15) is 24.3 Å². The van der Waals surface area contributed by atoms with Gasteiger partial charge in [0.1, 0.15) is 0 Å². The van der Waals surface area contributed by atoms with Crippen LogP contribution in [0.5, 0.6) is 17.2 Å². The minimum Gasteiger partial charge on any atom is -0.493 e. The number of amides is 1. The molecule has 1 aromatic heterocycles. The van der Waals surface area contributed by atoms with Gasteiger partial charge in [0.25, 0.3) is 0 Å². The standard InChI is InChI=1S/C18H19N3O5/c1-11(22)21-18(12-6-5-7-19-10-12)26-17(20-21)13-8-14(23-2)16(25-4)15(9-13)24-3/h5-10,18H,1-4H3/t18-/m0/s1. The zero-order valence-electron chi connectivity index (χ0n) is 14.9. The number of hydrazone groups is 1. The van der Waals surface area contributed by atoms with Gasteiger partial charge < -0.3 is 18.9 Å². The van der Waals surface area contributed by atoms with E-state index in [1.54, 1.807) is 30.6 Å². The highest BCUT2D eigenvalue weighted by atomic mass is 16.5. The summed E-state index contributed by atoms with van der Waals surface area (Å²) in [6, 6.07) is 7.02. The van der Waals surface area contributed by atoms with E-state index < -0.39 is 6.23 Å². The molecule has 136 valence electrons. The second kappa shape index (κ2) is 7.30. The van der Waals surface area contributed by atoms with E-state index in [-0.39, 0.29) is 11.8 Å². The highest BCUT2D eigenvalue weighted by Gasteiger charge is 2.34. The molecular weight excluding hydrogens is 338 g/mol.